The van der Waals surface area contributed by atoms with Crippen molar-refractivity contribution in [3.63, 3.8) is 0 Å². The van der Waals surface area contributed by atoms with Crippen LogP contribution in [0.3, 0.4) is 0 Å². The SMILES string of the molecule is C=C(N)NCCCCCC(C)C. The summed E-state index contributed by atoms with van der Waals surface area (Å²) in [6.07, 6.45) is 5.15. The lowest BCUT2D eigenvalue weighted by Gasteiger charge is -2.05. The Hall–Kier alpha value is -0.660. The lowest BCUT2D eigenvalue weighted by atomic mass is 10.1. The molecule has 0 heterocycles. The van der Waals surface area contributed by atoms with E-state index in [4.69, 9.17) is 5.73 Å². The second kappa shape index (κ2) is 7.01. The van der Waals surface area contributed by atoms with Gasteiger partial charge in [-0.25, -0.2) is 0 Å². The lowest BCUT2D eigenvalue weighted by molar-refractivity contribution is 0.522. The van der Waals surface area contributed by atoms with Crippen LogP contribution in [-0.4, -0.2) is 6.54 Å². The molecule has 12 heavy (non-hydrogen) atoms. The zero-order valence-electron chi connectivity index (χ0n) is 8.40. The molecule has 0 aliphatic heterocycles. The summed E-state index contributed by atoms with van der Waals surface area (Å²) < 4.78 is 0. The molecule has 0 fully saturated rings. The van der Waals surface area contributed by atoms with Crippen molar-refractivity contribution in [2.75, 3.05) is 6.54 Å². The summed E-state index contributed by atoms with van der Waals surface area (Å²) in [5.74, 6) is 1.42. The van der Waals surface area contributed by atoms with E-state index in [0.717, 1.165) is 12.5 Å². The quantitative estimate of drug-likeness (QED) is 0.575. The van der Waals surface area contributed by atoms with Gasteiger partial charge in [-0.15, -0.1) is 0 Å². The predicted molar refractivity (Wildman–Crippen MR) is 54.6 cm³/mol. The van der Waals surface area contributed by atoms with Gasteiger partial charge in [-0.1, -0.05) is 39.7 Å². The Morgan fingerprint density at radius 3 is 2.50 bits per heavy atom. The molecule has 0 bridgehead atoms. The first-order valence-corrected chi connectivity index (χ1v) is 4.81. The van der Waals surface area contributed by atoms with Crippen LogP contribution in [0.15, 0.2) is 12.4 Å². The third-order valence-corrected chi connectivity index (χ3v) is 1.81. The highest BCUT2D eigenvalue weighted by molar-refractivity contribution is 4.81. The molecule has 0 aromatic carbocycles. The normalized spacial score (nSPS) is 10.2. The predicted octanol–water partition coefficient (Wildman–Crippen LogP) is 2.22. The van der Waals surface area contributed by atoms with E-state index in [1.807, 2.05) is 0 Å². The van der Waals surface area contributed by atoms with Crippen LogP contribution < -0.4 is 11.1 Å². The second-order valence-electron chi connectivity index (χ2n) is 3.70. The Balaban J connectivity index is 2.96. The summed E-state index contributed by atoms with van der Waals surface area (Å²) in [5, 5.41) is 3.02. The maximum absolute atomic E-state index is 5.35. The van der Waals surface area contributed by atoms with Gasteiger partial charge in [-0.3, -0.25) is 0 Å². The Morgan fingerprint density at radius 2 is 2.00 bits per heavy atom. The minimum atomic E-state index is 0.582. The van der Waals surface area contributed by atoms with Gasteiger partial charge in [0.05, 0.1) is 5.82 Å². The highest BCUT2D eigenvalue weighted by Crippen LogP contribution is 2.07. The van der Waals surface area contributed by atoms with Gasteiger partial charge >= 0.3 is 0 Å². The summed E-state index contributed by atoms with van der Waals surface area (Å²) in [4.78, 5) is 0. The maximum Gasteiger partial charge on any atom is 0.0885 e. The Morgan fingerprint density at radius 1 is 1.33 bits per heavy atom. The Bertz CT molecular complexity index is 119. The molecule has 0 spiro atoms. The van der Waals surface area contributed by atoms with E-state index in [1.165, 1.54) is 25.7 Å². The Labute approximate surface area is 76.2 Å². The van der Waals surface area contributed by atoms with Crippen LogP contribution in [0.4, 0.5) is 0 Å². The molecule has 0 aliphatic carbocycles. The fraction of sp³-hybridized carbons (Fsp3) is 0.800. The zero-order valence-corrected chi connectivity index (χ0v) is 8.40. The molecule has 2 nitrogen and oxygen atoms in total. The molecule has 0 unspecified atom stereocenters. The highest BCUT2D eigenvalue weighted by atomic mass is 15.0. The van der Waals surface area contributed by atoms with Crippen LogP contribution in [-0.2, 0) is 0 Å². The van der Waals surface area contributed by atoms with E-state index in [2.05, 4.69) is 25.7 Å². The van der Waals surface area contributed by atoms with Crippen molar-refractivity contribution in [3.05, 3.63) is 12.4 Å². The number of nitrogens with two attached hydrogens (primary N) is 1. The van der Waals surface area contributed by atoms with Gasteiger partial charge in [0.25, 0.3) is 0 Å². The molecule has 0 radical (unpaired) electrons. The fourth-order valence-electron chi connectivity index (χ4n) is 1.10. The maximum atomic E-state index is 5.35. The van der Waals surface area contributed by atoms with E-state index in [1.54, 1.807) is 0 Å². The van der Waals surface area contributed by atoms with Crippen molar-refractivity contribution >= 4 is 0 Å². The van der Waals surface area contributed by atoms with Crippen LogP contribution in [0.2, 0.25) is 0 Å². The van der Waals surface area contributed by atoms with Crippen molar-refractivity contribution in [3.8, 4) is 0 Å². The molecule has 0 aliphatic rings. The van der Waals surface area contributed by atoms with Gasteiger partial charge in [0.2, 0.25) is 0 Å². The molecule has 3 N–H and O–H groups in total. The minimum absolute atomic E-state index is 0.582. The number of unbranched alkanes of at least 4 members (excludes halogenated alkanes) is 2. The van der Waals surface area contributed by atoms with Gasteiger partial charge in [0.1, 0.15) is 0 Å². The van der Waals surface area contributed by atoms with Crippen molar-refractivity contribution in [1.29, 1.82) is 0 Å². The van der Waals surface area contributed by atoms with Gasteiger partial charge in [0, 0.05) is 6.54 Å². The summed E-state index contributed by atoms with van der Waals surface area (Å²) >= 11 is 0. The summed E-state index contributed by atoms with van der Waals surface area (Å²) in [5.41, 5.74) is 5.35. The topological polar surface area (TPSA) is 38.0 Å². The molecule has 0 rings (SSSR count). The number of nitrogens with one attached hydrogen (secondary N) is 1. The van der Waals surface area contributed by atoms with E-state index in [9.17, 15) is 0 Å². The first kappa shape index (κ1) is 11.3. The molecule has 0 saturated carbocycles. The first-order chi connectivity index (χ1) is 5.63. The van der Waals surface area contributed by atoms with Crippen molar-refractivity contribution in [1.82, 2.24) is 5.32 Å². The van der Waals surface area contributed by atoms with E-state index < -0.39 is 0 Å². The van der Waals surface area contributed by atoms with Crippen LogP contribution in [0.5, 0.6) is 0 Å². The van der Waals surface area contributed by atoms with E-state index in [0.29, 0.717) is 5.82 Å². The lowest BCUT2D eigenvalue weighted by Crippen LogP contribution is -2.19. The molecule has 0 aromatic heterocycles. The second-order valence-corrected chi connectivity index (χ2v) is 3.70. The van der Waals surface area contributed by atoms with E-state index >= 15 is 0 Å². The largest absolute Gasteiger partial charge is 0.386 e. The van der Waals surface area contributed by atoms with Crippen molar-refractivity contribution < 1.29 is 0 Å². The number of rotatable bonds is 7. The molecule has 0 aromatic rings. The molecular weight excluding hydrogens is 148 g/mol. The monoisotopic (exact) mass is 170 g/mol. The number of hydrogen-bond donors (Lipinski definition) is 2. The number of hydrogen-bond acceptors (Lipinski definition) is 2. The molecular formula is C10H22N2. The molecule has 0 atom stereocenters. The molecule has 2 heteroatoms. The van der Waals surface area contributed by atoms with Gasteiger partial charge in [0.15, 0.2) is 0 Å². The first-order valence-electron chi connectivity index (χ1n) is 4.81. The van der Waals surface area contributed by atoms with Crippen LogP contribution in [0.25, 0.3) is 0 Å². The third-order valence-electron chi connectivity index (χ3n) is 1.81. The average Bonchev–Trinajstić information content (AvgIpc) is 1.95. The summed E-state index contributed by atoms with van der Waals surface area (Å²) in [7, 11) is 0. The fourth-order valence-corrected chi connectivity index (χ4v) is 1.10. The van der Waals surface area contributed by atoms with Crippen LogP contribution in [0.1, 0.15) is 39.5 Å². The van der Waals surface area contributed by atoms with Crippen molar-refractivity contribution in [2.24, 2.45) is 11.7 Å². The molecule has 0 saturated heterocycles. The zero-order chi connectivity index (χ0) is 9.40. The van der Waals surface area contributed by atoms with Crippen molar-refractivity contribution in [2.45, 2.75) is 39.5 Å². The summed E-state index contributed by atoms with van der Waals surface area (Å²) in [6.45, 7) is 9.06. The molecule has 72 valence electrons. The highest BCUT2D eigenvalue weighted by Gasteiger charge is 1.93. The molecule has 0 amide bonds. The summed E-state index contributed by atoms with van der Waals surface area (Å²) in [6, 6.07) is 0. The smallest absolute Gasteiger partial charge is 0.0885 e. The van der Waals surface area contributed by atoms with E-state index in [-0.39, 0.29) is 0 Å². The van der Waals surface area contributed by atoms with Crippen LogP contribution >= 0.6 is 0 Å². The average molecular weight is 170 g/mol. The van der Waals surface area contributed by atoms with Gasteiger partial charge < -0.3 is 11.1 Å². The third kappa shape index (κ3) is 9.34. The van der Waals surface area contributed by atoms with Gasteiger partial charge in [-0.05, 0) is 12.3 Å². The van der Waals surface area contributed by atoms with Crippen LogP contribution in [0, 0.1) is 5.92 Å². The van der Waals surface area contributed by atoms with Gasteiger partial charge in [-0.2, -0.15) is 0 Å². The standard InChI is InChI=1S/C10H22N2/c1-9(2)7-5-4-6-8-12-10(3)11/h9,12H,3-8,11H2,1-2H3. The minimum Gasteiger partial charge on any atom is -0.386 e. The Kier molecular flexibility index (Phi) is 6.63.